The second-order valence-electron chi connectivity index (χ2n) is 6.78. The number of aliphatic hydroxyl groups is 4. The molecule has 1 fully saturated rings. The highest BCUT2D eigenvalue weighted by molar-refractivity contribution is 6.35. The molecule has 1 saturated heterocycles. The Morgan fingerprint density at radius 2 is 1.76 bits per heavy atom. The number of ether oxygens (including phenoxy) is 2. The van der Waals surface area contributed by atoms with Crippen LogP contribution < -0.4 is 4.74 Å². The lowest BCUT2D eigenvalue weighted by Gasteiger charge is -2.40. The Morgan fingerprint density at radius 1 is 1.07 bits per heavy atom. The number of aliphatic hydroxyl groups excluding tert-OH is 4. The number of carbonyl (C=O) groups excluding carboxylic acids is 1. The van der Waals surface area contributed by atoms with E-state index in [1.54, 1.807) is 30.3 Å². The van der Waals surface area contributed by atoms with Crippen molar-refractivity contribution in [3.63, 3.8) is 0 Å². The van der Waals surface area contributed by atoms with Gasteiger partial charge in [0.05, 0.1) is 18.2 Å². The molecule has 156 valence electrons. The summed E-state index contributed by atoms with van der Waals surface area (Å²) in [4.78, 5) is 12.9. The smallest absolute Gasteiger partial charge is 0.194 e. The number of hydrogen-bond acceptors (Lipinski definition) is 7. The van der Waals surface area contributed by atoms with Gasteiger partial charge in [-0.05, 0) is 48.9 Å². The van der Waals surface area contributed by atoms with Gasteiger partial charge >= 0.3 is 0 Å². The van der Waals surface area contributed by atoms with E-state index in [1.807, 2.05) is 6.92 Å². The van der Waals surface area contributed by atoms with Gasteiger partial charge in [-0.3, -0.25) is 4.79 Å². The van der Waals surface area contributed by atoms with Gasteiger partial charge in [-0.2, -0.15) is 0 Å². The van der Waals surface area contributed by atoms with Crippen LogP contribution in [0.2, 0.25) is 5.02 Å². The maximum Gasteiger partial charge on any atom is 0.194 e. The van der Waals surface area contributed by atoms with Gasteiger partial charge in [0, 0.05) is 11.1 Å². The molecule has 0 radical (unpaired) electrons. The highest BCUT2D eigenvalue weighted by atomic mass is 35.5. The fourth-order valence-electron chi connectivity index (χ4n) is 3.30. The standard InChI is InChI=1S/C21H23ClO7/c1-2-28-13-6-3-11(4-7-13)17(24)14-9-12(5-8-15(14)22)21-20(27)19(26)18(25)16(10-23)29-21/h3-9,16,18-21,23,25-27H,2,10H2,1H3/t16-,18-,19+,20-,21+/m1/s1. The molecule has 0 spiro atoms. The van der Waals surface area contributed by atoms with Crippen LogP contribution >= 0.6 is 11.6 Å². The zero-order valence-corrected chi connectivity index (χ0v) is 16.5. The number of halogens is 1. The molecule has 0 unspecified atom stereocenters. The molecule has 2 aromatic rings. The third-order valence-corrected chi connectivity index (χ3v) is 5.21. The van der Waals surface area contributed by atoms with E-state index in [9.17, 15) is 25.2 Å². The van der Waals surface area contributed by atoms with Gasteiger partial charge in [0.25, 0.3) is 0 Å². The summed E-state index contributed by atoms with van der Waals surface area (Å²) in [5, 5.41) is 39.9. The average Bonchev–Trinajstić information content (AvgIpc) is 2.73. The molecule has 0 saturated carbocycles. The van der Waals surface area contributed by atoms with Crippen LogP contribution in [-0.2, 0) is 4.74 Å². The molecule has 1 aliphatic heterocycles. The first-order chi connectivity index (χ1) is 13.9. The Hall–Kier alpha value is -2.00. The number of hydrogen-bond donors (Lipinski definition) is 4. The Bertz CT molecular complexity index is 853. The second kappa shape index (κ2) is 9.21. The van der Waals surface area contributed by atoms with Crippen LogP contribution in [0, 0.1) is 0 Å². The lowest BCUT2D eigenvalue weighted by molar-refractivity contribution is -0.231. The third-order valence-electron chi connectivity index (χ3n) is 4.88. The Balaban J connectivity index is 1.90. The van der Waals surface area contributed by atoms with Gasteiger partial charge in [-0.1, -0.05) is 17.7 Å². The third kappa shape index (κ3) is 4.45. The SMILES string of the molecule is CCOc1ccc(C(=O)c2cc([C@@H]3O[C@H](CO)[C@@H](O)[C@H](O)[C@H]3O)ccc2Cl)cc1. The molecular weight excluding hydrogens is 400 g/mol. The van der Waals surface area contributed by atoms with Crippen LogP contribution in [0.4, 0.5) is 0 Å². The van der Waals surface area contributed by atoms with Crippen molar-refractivity contribution in [3.8, 4) is 5.75 Å². The molecule has 8 heteroatoms. The van der Waals surface area contributed by atoms with Crippen LogP contribution in [0.15, 0.2) is 42.5 Å². The van der Waals surface area contributed by atoms with Crippen molar-refractivity contribution in [2.24, 2.45) is 0 Å². The lowest BCUT2D eigenvalue weighted by Crippen LogP contribution is -2.55. The van der Waals surface area contributed by atoms with Crippen LogP contribution in [0.3, 0.4) is 0 Å². The zero-order chi connectivity index (χ0) is 21.1. The fourth-order valence-corrected chi connectivity index (χ4v) is 3.50. The molecule has 0 aromatic heterocycles. The zero-order valence-electron chi connectivity index (χ0n) is 15.7. The highest BCUT2D eigenvalue weighted by Gasteiger charge is 2.44. The summed E-state index contributed by atoms with van der Waals surface area (Å²) in [7, 11) is 0. The topological polar surface area (TPSA) is 116 Å². The van der Waals surface area contributed by atoms with Gasteiger partial charge in [-0.15, -0.1) is 0 Å². The number of ketones is 1. The second-order valence-corrected chi connectivity index (χ2v) is 7.18. The Kier molecular flexibility index (Phi) is 6.89. The van der Waals surface area contributed by atoms with Gasteiger partial charge in [0.15, 0.2) is 5.78 Å². The molecule has 3 rings (SSSR count). The molecule has 4 N–H and O–H groups in total. The van der Waals surface area contributed by atoms with Gasteiger partial charge in [-0.25, -0.2) is 0 Å². The monoisotopic (exact) mass is 422 g/mol. The molecule has 29 heavy (non-hydrogen) atoms. The summed E-state index contributed by atoms with van der Waals surface area (Å²) in [6, 6.07) is 11.2. The van der Waals surface area contributed by atoms with Crippen LogP contribution in [0.1, 0.15) is 34.5 Å². The van der Waals surface area contributed by atoms with E-state index in [1.165, 1.54) is 12.1 Å². The Labute approximate surface area is 173 Å². The quantitative estimate of drug-likeness (QED) is 0.521. The number of carbonyl (C=O) groups is 1. The minimum atomic E-state index is -1.51. The van der Waals surface area contributed by atoms with E-state index in [0.29, 0.717) is 23.5 Å². The summed E-state index contributed by atoms with van der Waals surface area (Å²) in [6.45, 7) is 1.84. The van der Waals surface area contributed by atoms with Gasteiger partial charge in [0.1, 0.15) is 36.3 Å². The van der Waals surface area contributed by atoms with E-state index < -0.39 is 37.1 Å². The van der Waals surface area contributed by atoms with E-state index in [0.717, 1.165) is 0 Å². The molecule has 5 atom stereocenters. The largest absolute Gasteiger partial charge is 0.494 e. The summed E-state index contributed by atoms with van der Waals surface area (Å²) in [5.74, 6) is 0.315. The normalized spacial score (nSPS) is 26.9. The maximum absolute atomic E-state index is 12.9. The molecule has 7 nitrogen and oxygen atoms in total. The summed E-state index contributed by atoms with van der Waals surface area (Å²) in [6.07, 6.45) is -6.49. The van der Waals surface area contributed by atoms with Crippen molar-refractivity contribution >= 4 is 17.4 Å². The van der Waals surface area contributed by atoms with Crippen LogP contribution in [0.25, 0.3) is 0 Å². The van der Waals surface area contributed by atoms with E-state index >= 15 is 0 Å². The number of rotatable bonds is 6. The molecule has 2 aromatic carbocycles. The highest BCUT2D eigenvalue weighted by Crippen LogP contribution is 2.34. The summed E-state index contributed by atoms with van der Waals surface area (Å²) < 4.78 is 10.9. The number of benzene rings is 2. The predicted octanol–water partition coefficient (Wildman–Crippen LogP) is 1.48. The van der Waals surface area contributed by atoms with E-state index in [-0.39, 0.29) is 16.4 Å². The predicted molar refractivity (Wildman–Crippen MR) is 105 cm³/mol. The van der Waals surface area contributed by atoms with Crippen molar-refractivity contribution in [2.75, 3.05) is 13.2 Å². The van der Waals surface area contributed by atoms with Crippen LogP contribution in [0.5, 0.6) is 5.75 Å². The van der Waals surface area contributed by atoms with Gasteiger partial charge in [0.2, 0.25) is 0 Å². The summed E-state index contributed by atoms with van der Waals surface area (Å²) in [5.41, 5.74) is 0.993. The molecule has 0 aliphatic carbocycles. The molecule has 0 bridgehead atoms. The van der Waals surface area contributed by atoms with Crippen molar-refractivity contribution in [3.05, 3.63) is 64.2 Å². The first kappa shape index (κ1) is 21.7. The van der Waals surface area contributed by atoms with Crippen molar-refractivity contribution < 1.29 is 34.7 Å². The maximum atomic E-state index is 12.9. The van der Waals surface area contributed by atoms with Crippen molar-refractivity contribution in [1.29, 1.82) is 0 Å². The van der Waals surface area contributed by atoms with E-state index in [2.05, 4.69) is 0 Å². The molecular formula is C21H23ClO7. The molecule has 1 aliphatic rings. The minimum absolute atomic E-state index is 0.199. The lowest BCUT2D eigenvalue weighted by atomic mass is 9.90. The van der Waals surface area contributed by atoms with Crippen molar-refractivity contribution in [1.82, 2.24) is 0 Å². The summed E-state index contributed by atoms with van der Waals surface area (Å²) >= 11 is 6.23. The minimum Gasteiger partial charge on any atom is -0.494 e. The van der Waals surface area contributed by atoms with Gasteiger partial charge < -0.3 is 29.9 Å². The Morgan fingerprint density at radius 3 is 2.38 bits per heavy atom. The van der Waals surface area contributed by atoms with E-state index in [4.69, 9.17) is 21.1 Å². The average molecular weight is 423 g/mol. The van der Waals surface area contributed by atoms with Crippen molar-refractivity contribution in [2.45, 2.75) is 37.4 Å². The van der Waals surface area contributed by atoms with Crippen LogP contribution in [-0.4, -0.2) is 63.8 Å². The molecule has 1 heterocycles. The first-order valence-electron chi connectivity index (χ1n) is 9.24. The fraction of sp³-hybridized carbons (Fsp3) is 0.381. The molecule has 0 amide bonds. The first-order valence-corrected chi connectivity index (χ1v) is 9.62.